The Hall–Kier alpha value is -3.49. The van der Waals surface area contributed by atoms with E-state index < -0.39 is 41.6 Å². The van der Waals surface area contributed by atoms with Crippen LogP contribution in [0.5, 0.6) is 0 Å². The molecule has 1 heterocycles. The van der Waals surface area contributed by atoms with Gasteiger partial charge in [-0.25, -0.2) is 4.79 Å². The monoisotopic (exact) mass is 548 g/mol. The first-order valence-electron chi connectivity index (χ1n) is 12.6. The van der Waals surface area contributed by atoms with Crippen molar-refractivity contribution in [3.05, 3.63) is 93.5 Å². The van der Waals surface area contributed by atoms with Gasteiger partial charge in [-0.1, -0.05) is 55.8 Å². The molecule has 1 aliphatic heterocycles. The highest BCUT2D eigenvalue weighted by molar-refractivity contribution is 5.79. The standard InChI is InChI=1S/C30H30F6N2O/c1-16(2)20-8-7-18(4)26(13-20)25-9-6-17(3)10-22(25)15-38-19(5)27(37-28(38)39)21-11-23(29(31,32)33)14-24(12-21)30(34,35)36/h6-14,16,19,27H,15H2,1-5H3,(H,37,39)/t19-,27-/m0/s1. The second-order valence-electron chi connectivity index (χ2n) is 10.5. The Morgan fingerprint density at radius 1 is 0.846 bits per heavy atom. The fourth-order valence-corrected chi connectivity index (χ4v) is 5.03. The number of nitrogens with one attached hydrogen (secondary N) is 1. The van der Waals surface area contributed by atoms with Crippen molar-refractivity contribution in [2.45, 2.75) is 71.5 Å². The molecular weight excluding hydrogens is 518 g/mol. The summed E-state index contributed by atoms with van der Waals surface area (Å²) in [6, 6.07) is 11.3. The minimum absolute atomic E-state index is 0.0926. The number of benzene rings is 3. The predicted molar refractivity (Wildman–Crippen MR) is 138 cm³/mol. The number of urea groups is 1. The summed E-state index contributed by atoms with van der Waals surface area (Å²) in [5, 5.41) is 2.61. The summed E-state index contributed by atoms with van der Waals surface area (Å²) in [5.41, 5.74) is 2.86. The number of amides is 2. The molecule has 0 saturated carbocycles. The van der Waals surface area contributed by atoms with Gasteiger partial charge in [0.05, 0.1) is 23.2 Å². The first-order valence-corrected chi connectivity index (χ1v) is 12.6. The zero-order valence-corrected chi connectivity index (χ0v) is 22.3. The van der Waals surface area contributed by atoms with E-state index in [2.05, 4.69) is 31.3 Å². The van der Waals surface area contributed by atoms with Crippen LogP contribution in [0.2, 0.25) is 0 Å². The van der Waals surface area contributed by atoms with Crippen molar-refractivity contribution in [1.82, 2.24) is 10.2 Å². The molecule has 0 bridgehead atoms. The summed E-state index contributed by atoms with van der Waals surface area (Å²) < 4.78 is 80.7. The summed E-state index contributed by atoms with van der Waals surface area (Å²) in [6.45, 7) is 9.86. The molecule has 2 amide bonds. The maximum atomic E-state index is 13.5. The summed E-state index contributed by atoms with van der Waals surface area (Å²) in [4.78, 5) is 14.5. The number of hydrogen-bond donors (Lipinski definition) is 1. The van der Waals surface area contributed by atoms with Gasteiger partial charge in [0.25, 0.3) is 0 Å². The van der Waals surface area contributed by atoms with Gasteiger partial charge in [0, 0.05) is 6.54 Å². The molecule has 1 fully saturated rings. The molecule has 1 saturated heterocycles. The van der Waals surface area contributed by atoms with Crippen molar-refractivity contribution in [3.8, 4) is 11.1 Å². The Morgan fingerprint density at radius 2 is 1.46 bits per heavy atom. The van der Waals surface area contributed by atoms with Gasteiger partial charge in [0.15, 0.2) is 0 Å². The molecule has 0 radical (unpaired) electrons. The molecule has 208 valence electrons. The van der Waals surface area contributed by atoms with E-state index in [9.17, 15) is 31.1 Å². The second kappa shape index (κ2) is 10.2. The largest absolute Gasteiger partial charge is 0.416 e. The molecule has 3 aromatic carbocycles. The fourth-order valence-electron chi connectivity index (χ4n) is 5.03. The Bertz CT molecular complexity index is 1360. The molecule has 3 nitrogen and oxygen atoms in total. The van der Waals surface area contributed by atoms with E-state index in [1.807, 2.05) is 38.1 Å². The Morgan fingerprint density at radius 3 is 2.03 bits per heavy atom. The van der Waals surface area contributed by atoms with E-state index >= 15 is 0 Å². The van der Waals surface area contributed by atoms with Crippen molar-refractivity contribution < 1.29 is 31.1 Å². The quantitative estimate of drug-likeness (QED) is 0.318. The lowest BCUT2D eigenvalue weighted by molar-refractivity contribution is -0.143. The SMILES string of the molecule is Cc1ccc(-c2cc(C(C)C)ccc2C)c(CN2C(=O)N[C@H](c3cc(C(F)(F)F)cc(C(F)(F)F)c3)[C@@H]2C)c1. The highest BCUT2D eigenvalue weighted by Crippen LogP contribution is 2.40. The molecule has 1 N–H and O–H groups in total. The first kappa shape index (κ1) is 28.5. The molecule has 0 aliphatic carbocycles. The van der Waals surface area contributed by atoms with Gasteiger partial charge in [0.2, 0.25) is 0 Å². The smallest absolute Gasteiger partial charge is 0.329 e. The Balaban J connectivity index is 1.72. The number of aryl methyl sites for hydroxylation is 2. The molecule has 3 aromatic rings. The number of hydrogen-bond acceptors (Lipinski definition) is 1. The summed E-state index contributed by atoms with van der Waals surface area (Å²) in [7, 11) is 0. The third kappa shape index (κ3) is 5.92. The third-order valence-corrected chi connectivity index (χ3v) is 7.30. The van der Waals surface area contributed by atoms with Gasteiger partial charge >= 0.3 is 18.4 Å². The van der Waals surface area contributed by atoms with Crippen molar-refractivity contribution in [1.29, 1.82) is 0 Å². The van der Waals surface area contributed by atoms with Gasteiger partial charge in [0.1, 0.15) is 0 Å². The lowest BCUT2D eigenvalue weighted by atomic mass is 9.90. The number of carbonyl (C=O) groups excluding carboxylic acids is 1. The summed E-state index contributed by atoms with van der Waals surface area (Å²) >= 11 is 0. The predicted octanol–water partition coefficient (Wildman–Crippen LogP) is 8.79. The van der Waals surface area contributed by atoms with Crippen LogP contribution in [0.3, 0.4) is 0 Å². The number of nitrogens with zero attached hydrogens (tertiary/aromatic N) is 1. The molecule has 9 heteroatoms. The molecule has 4 rings (SSSR count). The molecule has 0 spiro atoms. The minimum Gasteiger partial charge on any atom is -0.329 e. The zero-order chi connectivity index (χ0) is 28.9. The maximum Gasteiger partial charge on any atom is 0.416 e. The first-order chi connectivity index (χ1) is 18.1. The van der Waals surface area contributed by atoms with Crippen LogP contribution < -0.4 is 5.32 Å². The molecule has 1 aliphatic rings. The number of rotatable bonds is 5. The van der Waals surface area contributed by atoms with Crippen LogP contribution in [-0.4, -0.2) is 17.0 Å². The van der Waals surface area contributed by atoms with E-state index in [4.69, 9.17) is 0 Å². The minimum atomic E-state index is -4.97. The summed E-state index contributed by atoms with van der Waals surface area (Å²) in [5.74, 6) is 0.303. The van der Waals surface area contributed by atoms with Crippen LogP contribution in [-0.2, 0) is 18.9 Å². The Labute approximate surface area is 223 Å². The van der Waals surface area contributed by atoms with Gasteiger partial charge < -0.3 is 10.2 Å². The van der Waals surface area contributed by atoms with E-state index in [1.165, 1.54) is 4.90 Å². The van der Waals surface area contributed by atoms with Crippen LogP contribution in [0.25, 0.3) is 11.1 Å². The lowest BCUT2D eigenvalue weighted by Crippen LogP contribution is -2.32. The average molecular weight is 549 g/mol. The maximum absolute atomic E-state index is 13.5. The van der Waals surface area contributed by atoms with Gasteiger partial charge in [-0.3, -0.25) is 0 Å². The second-order valence-corrected chi connectivity index (χ2v) is 10.5. The number of halogens is 6. The normalized spacial score (nSPS) is 18.2. The molecule has 0 unspecified atom stereocenters. The summed E-state index contributed by atoms with van der Waals surface area (Å²) in [6.07, 6.45) is -9.94. The molecular formula is C30H30F6N2O. The van der Waals surface area contributed by atoms with E-state index in [1.54, 1.807) is 6.92 Å². The van der Waals surface area contributed by atoms with Gasteiger partial charge in [-0.05, 0) is 78.3 Å². The highest BCUT2D eigenvalue weighted by atomic mass is 19.4. The third-order valence-electron chi connectivity index (χ3n) is 7.30. The van der Waals surface area contributed by atoms with E-state index in [0.29, 0.717) is 18.1 Å². The molecule has 39 heavy (non-hydrogen) atoms. The van der Waals surface area contributed by atoms with Crippen LogP contribution in [0.15, 0.2) is 54.6 Å². The average Bonchev–Trinajstić information content (AvgIpc) is 3.11. The van der Waals surface area contributed by atoms with E-state index in [0.717, 1.165) is 33.4 Å². The number of carbonyl (C=O) groups is 1. The topological polar surface area (TPSA) is 32.3 Å². The highest BCUT2D eigenvalue weighted by Gasteiger charge is 2.41. The van der Waals surface area contributed by atoms with Crippen molar-refractivity contribution in [2.24, 2.45) is 0 Å². The van der Waals surface area contributed by atoms with Crippen LogP contribution in [0.1, 0.15) is 71.7 Å². The Kier molecular flexibility index (Phi) is 7.49. The van der Waals surface area contributed by atoms with Crippen molar-refractivity contribution in [3.63, 3.8) is 0 Å². The molecule has 2 atom stereocenters. The fraction of sp³-hybridized carbons (Fsp3) is 0.367. The number of alkyl halides is 6. The van der Waals surface area contributed by atoms with Gasteiger partial charge in [-0.2, -0.15) is 26.3 Å². The van der Waals surface area contributed by atoms with Crippen molar-refractivity contribution in [2.75, 3.05) is 0 Å². The van der Waals surface area contributed by atoms with E-state index in [-0.39, 0.29) is 18.2 Å². The lowest BCUT2D eigenvalue weighted by Gasteiger charge is -2.26. The van der Waals surface area contributed by atoms with Crippen LogP contribution >= 0.6 is 0 Å². The molecule has 0 aromatic heterocycles. The van der Waals surface area contributed by atoms with Crippen LogP contribution in [0.4, 0.5) is 31.1 Å². The van der Waals surface area contributed by atoms with Gasteiger partial charge in [-0.15, -0.1) is 0 Å². The van der Waals surface area contributed by atoms with Crippen LogP contribution in [0, 0.1) is 13.8 Å². The van der Waals surface area contributed by atoms with Crippen molar-refractivity contribution >= 4 is 6.03 Å². The zero-order valence-electron chi connectivity index (χ0n) is 22.3.